The molecule has 0 heterocycles. The second-order valence-electron chi connectivity index (χ2n) is 8.00. The van der Waals surface area contributed by atoms with Crippen molar-refractivity contribution in [2.45, 2.75) is 13.8 Å². The molecular weight excluding hydrogens is 639 g/mol. The highest BCUT2D eigenvalue weighted by Crippen LogP contribution is 2.35. The first-order chi connectivity index (χ1) is 18.6. The number of nitro benzene ring substituents is 1. The Morgan fingerprint density at radius 1 is 1.13 bits per heavy atom. The molecule has 0 unspecified atom stereocenters. The number of nitrogens with one attached hydrogen (secondary N) is 2. The molecule has 3 aromatic carbocycles. The van der Waals surface area contributed by atoms with Crippen molar-refractivity contribution in [2.75, 3.05) is 23.8 Å². The number of amides is 2. The van der Waals surface area contributed by atoms with Crippen LogP contribution < -0.4 is 20.1 Å². The number of carbonyl (C=O) groups excluding carboxylic acids is 2. The number of benzene rings is 3. The minimum absolute atomic E-state index is 0.176. The largest absolute Gasteiger partial charge is 0.490 e. The fraction of sp³-hybridized carbons (Fsp3) is 0.148. The molecule has 200 valence electrons. The molecule has 0 bridgehead atoms. The molecule has 0 aromatic heterocycles. The maximum absolute atomic E-state index is 12.7. The van der Waals surface area contributed by atoms with E-state index >= 15 is 0 Å². The van der Waals surface area contributed by atoms with Crippen LogP contribution in [0, 0.1) is 31.9 Å². The zero-order valence-corrected chi connectivity index (χ0v) is 23.7. The third-order valence-corrected chi connectivity index (χ3v) is 6.33. The van der Waals surface area contributed by atoms with Gasteiger partial charge in [-0.2, -0.15) is 5.26 Å². The lowest BCUT2D eigenvalue weighted by atomic mass is 10.1. The molecule has 0 atom stereocenters. The summed E-state index contributed by atoms with van der Waals surface area (Å²) in [4.78, 5) is 35.5. The molecule has 0 radical (unpaired) electrons. The third-order valence-electron chi connectivity index (χ3n) is 5.13. The van der Waals surface area contributed by atoms with Crippen LogP contribution in [0.15, 0.2) is 60.2 Å². The molecule has 0 saturated heterocycles. The number of aryl methyl sites for hydroxylation is 1. The van der Waals surface area contributed by atoms with Gasteiger partial charge in [-0.15, -0.1) is 0 Å². The number of nitriles is 1. The van der Waals surface area contributed by atoms with Crippen LogP contribution in [-0.4, -0.2) is 30.0 Å². The fourth-order valence-electron chi connectivity index (χ4n) is 3.29. The van der Waals surface area contributed by atoms with Crippen molar-refractivity contribution in [3.8, 4) is 17.6 Å². The zero-order chi connectivity index (χ0) is 28.5. The first kappa shape index (κ1) is 29.4. The number of hydrogen-bond donors (Lipinski definition) is 2. The van der Waals surface area contributed by atoms with E-state index in [0.717, 1.165) is 5.56 Å². The van der Waals surface area contributed by atoms with E-state index in [1.54, 1.807) is 37.3 Å². The van der Waals surface area contributed by atoms with Gasteiger partial charge in [0.1, 0.15) is 11.6 Å². The van der Waals surface area contributed by atoms with E-state index in [-0.39, 0.29) is 23.6 Å². The summed E-state index contributed by atoms with van der Waals surface area (Å²) in [7, 11) is 0. The number of nitro groups is 1. The van der Waals surface area contributed by atoms with Crippen LogP contribution in [0.4, 0.5) is 17.1 Å². The van der Waals surface area contributed by atoms with Gasteiger partial charge in [0.2, 0.25) is 0 Å². The van der Waals surface area contributed by atoms with Crippen molar-refractivity contribution < 1.29 is 24.0 Å². The van der Waals surface area contributed by atoms with Crippen LogP contribution in [0.2, 0.25) is 5.02 Å². The molecule has 10 nitrogen and oxygen atoms in total. The Labute approximate surface area is 242 Å². The molecule has 12 heteroatoms. The SMILES string of the molecule is CCOc1cc(/C=C(/C#N)C(=O)Nc2cccc([N+](=O)[O-])c2)cc(I)c1OCC(=O)Nc1ccc(C)c(Cl)c1. The Hall–Kier alpha value is -4.15. The van der Waals surface area contributed by atoms with Crippen molar-refractivity contribution in [1.82, 2.24) is 0 Å². The Morgan fingerprint density at radius 2 is 1.87 bits per heavy atom. The van der Waals surface area contributed by atoms with Crippen LogP contribution >= 0.6 is 34.2 Å². The van der Waals surface area contributed by atoms with Gasteiger partial charge in [0.25, 0.3) is 17.5 Å². The Balaban J connectivity index is 1.77. The summed E-state index contributed by atoms with van der Waals surface area (Å²) in [5.74, 6) is -0.495. The molecule has 2 amide bonds. The fourth-order valence-corrected chi connectivity index (χ4v) is 4.25. The van der Waals surface area contributed by atoms with Crippen LogP contribution in [-0.2, 0) is 9.59 Å². The molecular formula is C27H22ClIN4O6. The molecule has 0 aliphatic rings. The van der Waals surface area contributed by atoms with E-state index in [9.17, 15) is 25.0 Å². The summed E-state index contributed by atoms with van der Waals surface area (Å²) >= 11 is 8.11. The van der Waals surface area contributed by atoms with Gasteiger partial charge < -0.3 is 20.1 Å². The molecule has 3 aromatic rings. The molecule has 3 rings (SSSR count). The normalized spacial score (nSPS) is 10.8. The van der Waals surface area contributed by atoms with Gasteiger partial charge in [0.05, 0.1) is 15.1 Å². The lowest BCUT2D eigenvalue weighted by Crippen LogP contribution is -2.20. The van der Waals surface area contributed by atoms with E-state index in [0.29, 0.717) is 37.9 Å². The summed E-state index contributed by atoms with van der Waals surface area (Å²) in [5.41, 5.74) is 1.64. The minimum atomic E-state index is -0.737. The van der Waals surface area contributed by atoms with Crippen LogP contribution in [0.1, 0.15) is 18.1 Å². The number of non-ortho nitro benzene ring substituents is 1. The number of carbonyl (C=O) groups is 2. The van der Waals surface area contributed by atoms with Gasteiger partial charge in [0, 0.05) is 28.5 Å². The second-order valence-corrected chi connectivity index (χ2v) is 9.56. The Morgan fingerprint density at radius 3 is 2.54 bits per heavy atom. The van der Waals surface area contributed by atoms with Gasteiger partial charge in [-0.05, 0) is 84.0 Å². The molecule has 0 aliphatic carbocycles. The lowest BCUT2D eigenvalue weighted by Gasteiger charge is -2.15. The maximum Gasteiger partial charge on any atom is 0.271 e. The summed E-state index contributed by atoms with van der Waals surface area (Å²) in [6.45, 7) is 3.63. The van der Waals surface area contributed by atoms with E-state index < -0.39 is 16.7 Å². The number of rotatable bonds is 10. The Kier molecular flexibility index (Phi) is 10.2. The van der Waals surface area contributed by atoms with Gasteiger partial charge in [-0.25, -0.2) is 0 Å². The monoisotopic (exact) mass is 660 g/mol. The summed E-state index contributed by atoms with van der Waals surface area (Å²) in [6, 6.07) is 15.6. The van der Waals surface area contributed by atoms with Crippen LogP contribution in [0.3, 0.4) is 0 Å². The highest BCUT2D eigenvalue weighted by atomic mass is 127. The summed E-state index contributed by atoms with van der Waals surface area (Å²) < 4.78 is 12.0. The number of nitrogens with zero attached hydrogens (tertiary/aromatic N) is 2. The van der Waals surface area contributed by atoms with E-state index in [4.69, 9.17) is 21.1 Å². The molecule has 0 saturated carbocycles. The van der Waals surface area contributed by atoms with Crippen LogP contribution in [0.5, 0.6) is 11.5 Å². The maximum atomic E-state index is 12.7. The number of ether oxygens (including phenoxy) is 2. The second kappa shape index (κ2) is 13.6. The average Bonchev–Trinajstić information content (AvgIpc) is 2.89. The van der Waals surface area contributed by atoms with Crippen molar-refractivity contribution in [2.24, 2.45) is 0 Å². The third kappa shape index (κ3) is 8.17. The quantitative estimate of drug-likeness (QED) is 0.0876. The van der Waals surface area contributed by atoms with E-state index in [1.165, 1.54) is 30.3 Å². The van der Waals surface area contributed by atoms with Crippen LogP contribution in [0.25, 0.3) is 6.08 Å². The van der Waals surface area contributed by atoms with Gasteiger partial charge >= 0.3 is 0 Å². The highest BCUT2D eigenvalue weighted by molar-refractivity contribution is 14.1. The standard InChI is InChI=1S/C27H22ClIN4O6/c1-3-38-24-11-17(9-18(14-30)27(35)32-19-5-4-6-21(12-19)33(36)37)10-23(29)26(24)39-15-25(34)31-20-8-7-16(2)22(28)13-20/h4-13H,3,15H2,1-2H3,(H,31,34)(H,32,35)/b18-9-. The van der Waals surface area contributed by atoms with Gasteiger partial charge in [-0.1, -0.05) is 23.7 Å². The molecule has 2 N–H and O–H groups in total. The summed E-state index contributed by atoms with van der Waals surface area (Å²) in [5, 5.41) is 26.3. The lowest BCUT2D eigenvalue weighted by molar-refractivity contribution is -0.384. The number of hydrogen-bond acceptors (Lipinski definition) is 7. The molecule has 0 spiro atoms. The zero-order valence-electron chi connectivity index (χ0n) is 20.8. The average molecular weight is 661 g/mol. The first-order valence-corrected chi connectivity index (χ1v) is 12.9. The van der Waals surface area contributed by atoms with Crippen molar-refractivity contribution in [3.63, 3.8) is 0 Å². The van der Waals surface area contributed by atoms with Crippen molar-refractivity contribution in [3.05, 3.63) is 90.0 Å². The Bertz CT molecular complexity index is 1500. The number of halogens is 2. The van der Waals surface area contributed by atoms with E-state index in [2.05, 4.69) is 10.6 Å². The van der Waals surface area contributed by atoms with Gasteiger partial charge in [0.15, 0.2) is 18.1 Å². The first-order valence-electron chi connectivity index (χ1n) is 11.4. The smallest absolute Gasteiger partial charge is 0.271 e. The highest BCUT2D eigenvalue weighted by Gasteiger charge is 2.17. The van der Waals surface area contributed by atoms with E-state index in [1.807, 2.05) is 35.6 Å². The van der Waals surface area contributed by atoms with Crippen molar-refractivity contribution in [1.29, 1.82) is 5.26 Å². The van der Waals surface area contributed by atoms with Gasteiger partial charge in [-0.3, -0.25) is 19.7 Å². The summed E-state index contributed by atoms with van der Waals surface area (Å²) in [6.07, 6.45) is 1.36. The van der Waals surface area contributed by atoms with Crippen molar-refractivity contribution >= 4 is 69.1 Å². The molecule has 39 heavy (non-hydrogen) atoms. The minimum Gasteiger partial charge on any atom is -0.490 e. The number of anilines is 2. The topological polar surface area (TPSA) is 144 Å². The molecule has 0 aliphatic heterocycles. The molecule has 0 fully saturated rings. The predicted octanol–water partition coefficient (Wildman–Crippen LogP) is 6.12. The predicted molar refractivity (Wildman–Crippen MR) is 156 cm³/mol.